The molecule has 3 N–H and O–H groups in total. The van der Waals surface area contributed by atoms with Gasteiger partial charge < -0.3 is 15.8 Å². The zero-order chi connectivity index (χ0) is 15.6. The Morgan fingerprint density at radius 3 is 2.52 bits per heavy atom. The topological polar surface area (TPSA) is 128 Å². The summed E-state index contributed by atoms with van der Waals surface area (Å²) >= 11 is 5.80. The number of nitrogens with two attached hydrogens (primary N) is 1. The molecular weight excluding hydrogens is 320 g/mol. The summed E-state index contributed by atoms with van der Waals surface area (Å²) in [5.41, 5.74) is 6.06. The van der Waals surface area contributed by atoms with Gasteiger partial charge >= 0.3 is 5.82 Å². The lowest BCUT2D eigenvalue weighted by molar-refractivity contribution is -0.389. The first kappa shape index (κ1) is 15.0. The number of nitrogen functional groups attached to an aromatic ring is 1. The van der Waals surface area contributed by atoms with Crippen LogP contribution in [0.25, 0.3) is 0 Å². The molecule has 0 aliphatic carbocycles. The number of rotatable bonds is 4. The Morgan fingerprint density at radius 1 is 1.29 bits per heavy atom. The van der Waals surface area contributed by atoms with Gasteiger partial charge in [-0.3, -0.25) is 4.72 Å². The normalized spacial score (nSPS) is 11.1. The van der Waals surface area contributed by atoms with Crippen molar-refractivity contribution in [3.05, 3.63) is 51.7 Å². The third-order valence-electron chi connectivity index (χ3n) is 2.47. The predicted molar refractivity (Wildman–Crippen MR) is 77.6 cm³/mol. The second-order valence-electron chi connectivity index (χ2n) is 3.95. The van der Waals surface area contributed by atoms with Crippen LogP contribution in [0, 0.1) is 10.1 Å². The Bertz CT molecular complexity index is 792. The van der Waals surface area contributed by atoms with Crippen LogP contribution in [0.15, 0.2) is 41.4 Å². The summed E-state index contributed by atoms with van der Waals surface area (Å²) in [7, 11) is -3.92. The lowest BCUT2D eigenvalue weighted by Gasteiger charge is -2.08. The lowest BCUT2D eigenvalue weighted by atomic mass is 10.3. The van der Waals surface area contributed by atoms with Crippen molar-refractivity contribution in [1.82, 2.24) is 4.98 Å². The Hall–Kier alpha value is -2.39. The molecule has 1 heterocycles. The molecule has 0 atom stereocenters. The minimum absolute atomic E-state index is 0.206. The summed E-state index contributed by atoms with van der Waals surface area (Å²) in [6, 6.07) is 6.34. The quantitative estimate of drug-likeness (QED) is 0.502. The molecule has 0 radical (unpaired) electrons. The van der Waals surface area contributed by atoms with Gasteiger partial charge in [-0.05, 0) is 34.2 Å². The van der Waals surface area contributed by atoms with E-state index in [2.05, 4.69) is 9.71 Å². The van der Waals surface area contributed by atoms with Crippen molar-refractivity contribution >= 4 is 38.8 Å². The van der Waals surface area contributed by atoms with Gasteiger partial charge in [0.15, 0.2) is 6.20 Å². The maximum absolute atomic E-state index is 12.1. The van der Waals surface area contributed by atoms with Crippen LogP contribution < -0.4 is 10.5 Å². The number of nitrogens with zero attached hydrogens (tertiary/aromatic N) is 2. The lowest BCUT2D eigenvalue weighted by Crippen LogP contribution is -2.13. The summed E-state index contributed by atoms with van der Waals surface area (Å²) in [6.07, 6.45) is 0.902. The number of benzene rings is 1. The number of hydrogen-bond acceptors (Lipinski definition) is 6. The third kappa shape index (κ3) is 3.38. The molecule has 8 nitrogen and oxygen atoms in total. The van der Waals surface area contributed by atoms with Crippen LogP contribution in [0.4, 0.5) is 17.2 Å². The molecule has 2 rings (SSSR count). The minimum Gasteiger partial charge on any atom is -0.398 e. The molecule has 1 aromatic heterocycles. The van der Waals surface area contributed by atoms with Gasteiger partial charge in [0, 0.05) is 6.07 Å². The van der Waals surface area contributed by atoms with E-state index >= 15 is 0 Å². The van der Waals surface area contributed by atoms with E-state index in [1.165, 1.54) is 18.2 Å². The highest BCUT2D eigenvalue weighted by Crippen LogP contribution is 2.24. The number of hydrogen-bond donors (Lipinski definition) is 2. The highest BCUT2D eigenvalue weighted by atomic mass is 35.5. The molecule has 0 fully saturated rings. The molecule has 110 valence electrons. The number of halogens is 1. The number of sulfonamides is 1. The molecule has 0 aliphatic rings. The molecule has 0 bridgehead atoms. The number of nitro groups is 1. The molecule has 0 amide bonds. The summed E-state index contributed by atoms with van der Waals surface area (Å²) < 4.78 is 26.4. The van der Waals surface area contributed by atoms with Crippen LogP contribution in [-0.2, 0) is 10.0 Å². The minimum atomic E-state index is -3.92. The van der Waals surface area contributed by atoms with Gasteiger partial charge in [-0.1, -0.05) is 11.6 Å². The van der Waals surface area contributed by atoms with Gasteiger partial charge in [-0.2, -0.15) is 0 Å². The van der Waals surface area contributed by atoms with Crippen LogP contribution >= 0.6 is 11.6 Å². The van der Waals surface area contributed by atoms with E-state index in [4.69, 9.17) is 17.3 Å². The maximum atomic E-state index is 12.1. The monoisotopic (exact) mass is 328 g/mol. The molecule has 2 aromatic rings. The molecule has 0 spiro atoms. The highest BCUT2D eigenvalue weighted by Gasteiger charge is 2.18. The van der Waals surface area contributed by atoms with Crippen molar-refractivity contribution in [3.63, 3.8) is 0 Å². The van der Waals surface area contributed by atoms with Gasteiger partial charge in [-0.25, -0.2) is 8.42 Å². The van der Waals surface area contributed by atoms with E-state index in [9.17, 15) is 18.5 Å². The smallest absolute Gasteiger partial charge is 0.363 e. The van der Waals surface area contributed by atoms with E-state index in [1.54, 1.807) is 0 Å². The highest BCUT2D eigenvalue weighted by molar-refractivity contribution is 7.92. The Labute approximate surface area is 124 Å². The van der Waals surface area contributed by atoms with Gasteiger partial charge in [0.05, 0.1) is 16.4 Å². The third-order valence-corrected chi connectivity index (χ3v) is 4.16. The van der Waals surface area contributed by atoms with E-state index in [0.29, 0.717) is 5.69 Å². The number of anilines is 2. The Balaban J connectivity index is 2.29. The van der Waals surface area contributed by atoms with Crippen LogP contribution in [0.1, 0.15) is 0 Å². The maximum Gasteiger partial charge on any atom is 0.363 e. The summed E-state index contributed by atoms with van der Waals surface area (Å²) in [6.45, 7) is 0. The van der Waals surface area contributed by atoms with Crippen LogP contribution in [-0.4, -0.2) is 18.3 Å². The predicted octanol–water partition coefficient (Wildman–Crippen LogP) is 2.03. The first-order chi connectivity index (χ1) is 9.79. The second kappa shape index (κ2) is 5.54. The van der Waals surface area contributed by atoms with Crippen molar-refractivity contribution < 1.29 is 13.3 Å². The van der Waals surface area contributed by atoms with E-state index < -0.39 is 20.8 Å². The first-order valence-corrected chi connectivity index (χ1v) is 7.34. The van der Waals surface area contributed by atoms with Crippen molar-refractivity contribution in [2.75, 3.05) is 10.5 Å². The summed E-state index contributed by atoms with van der Waals surface area (Å²) in [4.78, 5) is 13.0. The molecule has 0 saturated carbocycles. The largest absolute Gasteiger partial charge is 0.398 e. The van der Waals surface area contributed by atoms with Crippen LogP contribution in [0.2, 0.25) is 5.02 Å². The van der Waals surface area contributed by atoms with Crippen LogP contribution in [0.3, 0.4) is 0 Å². The van der Waals surface area contributed by atoms with E-state index in [0.717, 1.165) is 18.3 Å². The molecule has 0 aliphatic heterocycles. The molecule has 21 heavy (non-hydrogen) atoms. The molecule has 0 unspecified atom stereocenters. The molecular formula is C11H9ClN4O4S. The second-order valence-corrected chi connectivity index (χ2v) is 6.04. The average Bonchev–Trinajstić information content (AvgIpc) is 2.43. The van der Waals surface area contributed by atoms with Crippen molar-refractivity contribution in [1.29, 1.82) is 0 Å². The van der Waals surface area contributed by atoms with Gasteiger partial charge in [0.2, 0.25) is 0 Å². The molecule has 10 heteroatoms. The van der Waals surface area contributed by atoms with E-state index in [-0.39, 0.29) is 15.6 Å². The zero-order valence-corrected chi connectivity index (χ0v) is 11.9. The number of aromatic nitrogens is 1. The van der Waals surface area contributed by atoms with Gasteiger partial charge in [-0.15, -0.1) is 0 Å². The van der Waals surface area contributed by atoms with Gasteiger partial charge in [0.1, 0.15) is 4.90 Å². The fourth-order valence-electron chi connectivity index (χ4n) is 1.44. The van der Waals surface area contributed by atoms with Gasteiger partial charge in [0.25, 0.3) is 10.0 Å². The van der Waals surface area contributed by atoms with Crippen LogP contribution in [0.5, 0.6) is 0 Å². The van der Waals surface area contributed by atoms with Crippen molar-refractivity contribution in [2.45, 2.75) is 4.90 Å². The number of pyridine rings is 1. The Morgan fingerprint density at radius 2 is 2.00 bits per heavy atom. The van der Waals surface area contributed by atoms with Crippen molar-refractivity contribution in [2.24, 2.45) is 0 Å². The fraction of sp³-hybridized carbons (Fsp3) is 0. The van der Waals surface area contributed by atoms with Crippen molar-refractivity contribution in [3.8, 4) is 0 Å². The average molecular weight is 329 g/mol. The summed E-state index contributed by atoms with van der Waals surface area (Å²) in [5, 5.41) is 10.7. The van der Waals surface area contributed by atoms with E-state index in [1.807, 2.05) is 0 Å². The first-order valence-electron chi connectivity index (χ1n) is 5.48. The number of nitrogens with one attached hydrogen (secondary N) is 1. The summed E-state index contributed by atoms with van der Waals surface area (Å²) in [5.74, 6) is -0.440. The Kier molecular flexibility index (Phi) is 3.96. The molecule has 0 saturated heterocycles. The standard InChI is InChI=1S/C11H9ClN4O4S/c12-9-5-7(1-3-10(9)13)15-21(19,20)8-2-4-11(14-6-8)16(17)18/h1-6,15H,13H2. The fourth-order valence-corrected chi connectivity index (χ4v) is 2.62. The zero-order valence-electron chi connectivity index (χ0n) is 10.4. The molecule has 1 aromatic carbocycles. The SMILES string of the molecule is Nc1ccc(NS(=O)(=O)c2ccc([N+](=O)[O-])nc2)cc1Cl.